The fraction of sp³-hybridized carbons (Fsp3) is 0.615. The van der Waals surface area contributed by atoms with E-state index in [9.17, 15) is 24.6 Å². The SMILES string of the molecule is CCC(=O)NC1=C[C@@](C)(C(=O)O)C[C@](C)(C(=O)O)C1. The minimum absolute atomic E-state index is 0.00381. The van der Waals surface area contributed by atoms with E-state index in [1.165, 1.54) is 19.9 Å². The van der Waals surface area contributed by atoms with Crippen molar-refractivity contribution in [3.63, 3.8) is 0 Å². The topological polar surface area (TPSA) is 104 Å². The van der Waals surface area contributed by atoms with Crippen molar-refractivity contribution >= 4 is 17.8 Å². The molecule has 3 N–H and O–H groups in total. The number of rotatable bonds is 4. The Morgan fingerprint density at radius 1 is 1.26 bits per heavy atom. The molecule has 0 fully saturated rings. The number of hydrogen-bond donors (Lipinski definition) is 3. The van der Waals surface area contributed by atoms with Crippen molar-refractivity contribution in [3.8, 4) is 0 Å². The fourth-order valence-corrected chi connectivity index (χ4v) is 2.42. The van der Waals surface area contributed by atoms with Crippen LogP contribution in [0.5, 0.6) is 0 Å². The molecule has 0 aromatic carbocycles. The van der Waals surface area contributed by atoms with Gasteiger partial charge in [0, 0.05) is 18.5 Å². The molecule has 0 aromatic rings. The van der Waals surface area contributed by atoms with Gasteiger partial charge in [0.25, 0.3) is 0 Å². The highest BCUT2D eigenvalue weighted by Crippen LogP contribution is 2.44. The predicted molar refractivity (Wildman–Crippen MR) is 67.2 cm³/mol. The molecule has 1 aliphatic rings. The molecule has 0 spiro atoms. The number of carbonyl (C=O) groups excluding carboxylic acids is 1. The lowest BCUT2D eigenvalue weighted by Gasteiger charge is -2.38. The van der Waals surface area contributed by atoms with Crippen LogP contribution in [0.3, 0.4) is 0 Å². The Kier molecular flexibility index (Phi) is 4.03. The van der Waals surface area contributed by atoms with Crippen LogP contribution in [0.2, 0.25) is 0 Å². The summed E-state index contributed by atoms with van der Waals surface area (Å²) < 4.78 is 0. The van der Waals surface area contributed by atoms with Gasteiger partial charge in [-0.2, -0.15) is 0 Å². The van der Waals surface area contributed by atoms with Gasteiger partial charge in [0.15, 0.2) is 0 Å². The highest BCUT2D eigenvalue weighted by atomic mass is 16.4. The van der Waals surface area contributed by atoms with Gasteiger partial charge in [-0.1, -0.05) is 6.92 Å². The molecule has 106 valence electrons. The number of aliphatic carboxylic acids is 2. The maximum atomic E-state index is 11.4. The van der Waals surface area contributed by atoms with Gasteiger partial charge in [0.2, 0.25) is 5.91 Å². The van der Waals surface area contributed by atoms with Gasteiger partial charge in [-0.25, -0.2) is 0 Å². The molecule has 1 rings (SSSR count). The van der Waals surface area contributed by atoms with Crippen molar-refractivity contribution in [1.82, 2.24) is 5.32 Å². The lowest BCUT2D eigenvalue weighted by Crippen LogP contribution is -2.43. The van der Waals surface area contributed by atoms with Crippen LogP contribution in [0.15, 0.2) is 11.8 Å². The predicted octanol–water partition coefficient (Wildman–Crippen LogP) is 1.37. The highest BCUT2D eigenvalue weighted by molar-refractivity contribution is 5.83. The Morgan fingerprint density at radius 3 is 2.26 bits per heavy atom. The van der Waals surface area contributed by atoms with E-state index < -0.39 is 22.8 Å². The molecule has 0 aromatic heterocycles. The number of carboxylic acid groups (broad SMARTS) is 2. The monoisotopic (exact) mass is 269 g/mol. The minimum Gasteiger partial charge on any atom is -0.481 e. The molecule has 1 aliphatic carbocycles. The molecule has 6 heteroatoms. The summed E-state index contributed by atoms with van der Waals surface area (Å²) in [5, 5.41) is 21.1. The zero-order valence-corrected chi connectivity index (χ0v) is 11.3. The number of amides is 1. The zero-order valence-electron chi connectivity index (χ0n) is 11.3. The first-order valence-electron chi connectivity index (χ1n) is 6.11. The third-order valence-electron chi connectivity index (χ3n) is 3.46. The van der Waals surface area contributed by atoms with Gasteiger partial charge in [0.1, 0.15) is 0 Å². The summed E-state index contributed by atoms with van der Waals surface area (Å²) in [5.74, 6) is -2.41. The lowest BCUT2D eigenvalue weighted by atomic mass is 9.66. The molecular weight excluding hydrogens is 250 g/mol. The van der Waals surface area contributed by atoms with E-state index in [4.69, 9.17) is 0 Å². The van der Waals surface area contributed by atoms with Crippen LogP contribution in [-0.2, 0) is 14.4 Å². The summed E-state index contributed by atoms with van der Waals surface area (Å²) in [6.07, 6.45) is 1.83. The van der Waals surface area contributed by atoms with Gasteiger partial charge in [-0.15, -0.1) is 0 Å². The molecule has 1 amide bonds. The van der Waals surface area contributed by atoms with Crippen molar-refractivity contribution in [1.29, 1.82) is 0 Å². The highest BCUT2D eigenvalue weighted by Gasteiger charge is 2.48. The van der Waals surface area contributed by atoms with Crippen LogP contribution < -0.4 is 5.32 Å². The number of nitrogens with one attached hydrogen (secondary N) is 1. The molecule has 0 radical (unpaired) electrons. The third-order valence-corrected chi connectivity index (χ3v) is 3.46. The molecule has 0 unspecified atom stereocenters. The van der Waals surface area contributed by atoms with E-state index in [1.54, 1.807) is 6.92 Å². The summed E-state index contributed by atoms with van der Waals surface area (Å²) in [4.78, 5) is 34.1. The smallest absolute Gasteiger partial charge is 0.313 e. The van der Waals surface area contributed by atoms with E-state index in [1.807, 2.05) is 0 Å². The standard InChI is InChI=1S/C13H19NO5/c1-4-9(15)14-8-5-12(2,10(16)17)7-13(3,6-8)11(18)19/h5H,4,6-7H2,1-3H3,(H,14,15)(H,16,17)(H,18,19)/t12-,13-/m1/s1. The first-order chi connectivity index (χ1) is 8.63. The number of carboxylic acids is 2. The summed E-state index contributed by atoms with van der Waals surface area (Å²) in [6.45, 7) is 4.64. The second kappa shape index (κ2) is 5.03. The largest absolute Gasteiger partial charge is 0.481 e. The Hall–Kier alpha value is -1.85. The normalized spacial score (nSPS) is 30.4. The quantitative estimate of drug-likeness (QED) is 0.715. The molecular formula is C13H19NO5. The van der Waals surface area contributed by atoms with E-state index in [-0.39, 0.29) is 25.2 Å². The minimum atomic E-state index is -1.29. The lowest BCUT2D eigenvalue weighted by molar-refractivity contribution is -0.155. The third kappa shape index (κ3) is 3.13. The van der Waals surface area contributed by atoms with Crippen molar-refractivity contribution in [2.75, 3.05) is 0 Å². The number of allylic oxidation sites excluding steroid dienone is 1. The van der Waals surface area contributed by atoms with Gasteiger partial charge in [0.05, 0.1) is 10.8 Å². The number of carbonyl (C=O) groups is 3. The van der Waals surface area contributed by atoms with Crippen LogP contribution in [-0.4, -0.2) is 28.1 Å². The number of hydrogen-bond acceptors (Lipinski definition) is 3. The van der Waals surface area contributed by atoms with Gasteiger partial charge in [-0.3, -0.25) is 14.4 Å². The first kappa shape index (κ1) is 15.2. The molecule has 2 atom stereocenters. The average molecular weight is 269 g/mol. The first-order valence-corrected chi connectivity index (χ1v) is 6.11. The van der Waals surface area contributed by atoms with E-state index >= 15 is 0 Å². The van der Waals surface area contributed by atoms with Crippen LogP contribution in [0.25, 0.3) is 0 Å². The molecule has 0 aliphatic heterocycles. The second-order valence-corrected chi connectivity index (χ2v) is 5.51. The van der Waals surface area contributed by atoms with E-state index in [0.717, 1.165) is 0 Å². The Labute approximate surface area is 111 Å². The molecule has 19 heavy (non-hydrogen) atoms. The van der Waals surface area contributed by atoms with Gasteiger partial charge < -0.3 is 15.5 Å². The summed E-state index contributed by atoms with van der Waals surface area (Å²) in [6, 6.07) is 0. The maximum absolute atomic E-state index is 11.4. The Morgan fingerprint density at radius 2 is 1.84 bits per heavy atom. The van der Waals surface area contributed by atoms with E-state index in [2.05, 4.69) is 5.32 Å². The van der Waals surface area contributed by atoms with Crippen LogP contribution in [0.4, 0.5) is 0 Å². The average Bonchev–Trinajstić information content (AvgIpc) is 2.27. The molecule has 0 saturated heterocycles. The fourth-order valence-electron chi connectivity index (χ4n) is 2.42. The molecule has 0 saturated carbocycles. The Balaban J connectivity index is 3.15. The van der Waals surface area contributed by atoms with Crippen LogP contribution in [0, 0.1) is 10.8 Å². The van der Waals surface area contributed by atoms with Gasteiger partial charge in [-0.05, 0) is 26.3 Å². The van der Waals surface area contributed by atoms with Gasteiger partial charge >= 0.3 is 11.9 Å². The summed E-state index contributed by atoms with van der Waals surface area (Å²) in [5.41, 5.74) is -2.12. The van der Waals surface area contributed by atoms with Crippen LogP contribution in [0.1, 0.15) is 40.0 Å². The maximum Gasteiger partial charge on any atom is 0.313 e. The van der Waals surface area contributed by atoms with Crippen molar-refractivity contribution in [2.45, 2.75) is 40.0 Å². The van der Waals surface area contributed by atoms with Crippen molar-refractivity contribution in [3.05, 3.63) is 11.8 Å². The zero-order chi connectivity index (χ0) is 14.8. The molecule has 6 nitrogen and oxygen atoms in total. The molecule has 0 heterocycles. The van der Waals surface area contributed by atoms with Crippen molar-refractivity contribution < 1.29 is 24.6 Å². The Bertz CT molecular complexity index is 456. The summed E-state index contributed by atoms with van der Waals surface area (Å²) in [7, 11) is 0. The molecule has 0 bridgehead atoms. The van der Waals surface area contributed by atoms with E-state index in [0.29, 0.717) is 5.70 Å². The second-order valence-electron chi connectivity index (χ2n) is 5.51. The van der Waals surface area contributed by atoms with Crippen LogP contribution >= 0.6 is 0 Å². The summed E-state index contributed by atoms with van der Waals surface area (Å²) >= 11 is 0. The van der Waals surface area contributed by atoms with Crippen molar-refractivity contribution in [2.24, 2.45) is 10.8 Å².